The van der Waals surface area contributed by atoms with Crippen LogP contribution in [0, 0.1) is 11.8 Å². The Morgan fingerprint density at radius 2 is 1.22 bits per heavy atom. The molecule has 45 heavy (non-hydrogen) atoms. The SMILES string of the molecule is Oc1c2c(NCCC3CCN(Cc4ccccc4)CC3)c3ccccc3nc2cn1CCC1CCN(Cc2ccccc2)CC1. The van der Waals surface area contributed by atoms with Gasteiger partial charge in [-0.2, -0.15) is 0 Å². The molecule has 2 fully saturated rings. The molecular formula is C39H47N5O. The minimum atomic E-state index is 0.349. The number of likely N-dealkylation sites (tertiary alicyclic amines) is 2. The Morgan fingerprint density at radius 3 is 1.84 bits per heavy atom. The summed E-state index contributed by atoms with van der Waals surface area (Å²) in [6.45, 7) is 8.44. The normalized spacial score (nSPS) is 17.3. The van der Waals surface area contributed by atoms with Crippen molar-refractivity contribution < 1.29 is 5.11 Å². The van der Waals surface area contributed by atoms with Gasteiger partial charge in [0.1, 0.15) is 0 Å². The van der Waals surface area contributed by atoms with Gasteiger partial charge in [-0.15, -0.1) is 0 Å². The van der Waals surface area contributed by atoms with Gasteiger partial charge in [0.15, 0.2) is 0 Å². The highest BCUT2D eigenvalue weighted by atomic mass is 16.3. The smallest absolute Gasteiger partial charge is 0.202 e. The molecule has 5 aromatic rings. The average molecular weight is 602 g/mol. The number of hydrogen-bond acceptors (Lipinski definition) is 5. The Labute approximate surface area is 267 Å². The van der Waals surface area contributed by atoms with Gasteiger partial charge < -0.3 is 15.0 Å². The van der Waals surface area contributed by atoms with E-state index in [1.165, 1.54) is 36.8 Å². The molecule has 0 radical (unpaired) electrons. The monoisotopic (exact) mass is 601 g/mol. The Kier molecular flexibility index (Phi) is 9.31. The van der Waals surface area contributed by atoms with Gasteiger partial charge in [-0.1, -0.05) is 78.9 Å². The number of hydrogen-bond donors (Lipinski definition) is 2. The van der Waals surface area contributed by atoms with Gasteiger partial charge in [-0.25, -0.2) is 4.98 Å². The predicted molar refractivity (Wildman–Crippen MR) is 186 cm³/mol. The van der Waals surface area contributed by atoms with Gasteiger partial charge in [-0.05, 0) is 93.7 Å². The minimum Gasteiger partial charge on any atom is -0.494 e. The maximum absolute atomic E-state index is 11.5. The van der Waals surface area contributed by atoms with Crippen molar-refractivity contribution in [2.45, 2.75) is 58.2 Å². The summed E-state index contributed by atoms with van der Waals surface area (Å²) < 4.78 is 2.04. The van der Waals surface area contributed by atoms with E-state index in [0.717, 1.165) is 98.6 Å². The zero-order valence-electron chi connectivity index (χ0n) is 26.5. The van der Waals surface area contributed by atoms with Crippen LogP contribution in [0.15, 0.2) is 91.1 Å². The fourth-order valence-corrected chi connectivity index (χ4v) is 7.53. The van der Waals surface area contributed by atoms with Crippen LogP contribution >= 0.6 is 0 Å². The first-order valence-corrected chi connectivity index (χ1v) is 17.1. The van der Waals surface area contributed by atoms with E-state index in [1.54, 1.807) is 0 Å². The van der Waals surface area contributed by atoms with Crippen LogP contribution in [-0.4, -0.2) is 57.2 Å². The Hall–Kier alpha value is -3.87. The van der Waals surface area contributed by atoms with E-state index in [9.17, 15) is 5.11 Å². The first-order valence-electron chi connectivity index (χ1n) is 17.1. The largest absolute Gasteiger partial charge is 0.494 e. The van der Waals surface area contributed by atoms with Crippen molar-refractivity contribution in [1.29, 1.82) is 0 Å². The molecule has 0 amide bonds. The van der Waals surface area contributed by atoms with Crippen LogP contribution in [0.4, 0.5) is 5.69 Å². The van der Waals surface area contributed by atoms with E-state index in [2.05, 4.69) is 106 Å². The Balaban J connectivity index is 0.966. The number of anilines is 1. The van der Waals surface area contributed by atoms with Crippen molar-refractivity contribution in [3.05, 3.63) is 102 Å². The fraction of sp³-hybridized carbons (Fsp3) is 0.410. The summed E-state index contributed by atoms with van der Waals surface area (Å²) in [4.78, 5) is 10.1. The van der Waals surface area contributed by atoms with Crippen LogP contribution in [0.2, 0.25) is 0 Å². The van der Waals surface area contributed by atoms with Crippen LogP contribution < -0.4 is 5.32 Å². The molecule has 4 heterocycles. The number of benzene rings is 3. The number of nitrogens with one attached hydrogen (secondary N) is 1. The summed E-state index contributed by atoms with van der Waals surface area (Å²) >= 11 is 0. The van der Waals surface area contributed by atoms with Crippen molar-refractivity contribution in [3.8, 4) is 5.88 Å². The third-order valence-corrected chi connectivity index (χ3v) is 10.2. The summed E-state index contributed by atoms with van der Waals surface area (Å²) in [6.07, 6.45) is 9.21. The molecule has 0 saturated carbocycles. The molecule has 3 aromatic carbocycles. The van der Waals surface area contributed by atoms with Crippen LogP contribution in [-0.2, 0) is 19.6 Å². The minimum absolute atomic E-state index is 0.349. The van der Waals surface area contributed by atoms with Crippen LogP contribution in [0.3, 0.4) is 0 Å². The molecule has 234 valence electrons. The van der Waals surface area contributed by atoms with Gasteiger partial charge >= 0.3 is 0 Å². The second-order valence-electron chi connectivity index (χ2n) is 13.3. The number of piperidine rings is 2. The Morgan fingerprint density at radius 1 is 0.667 bits per heavy atom. The summed E-state index contributed by atoms with van der Waals surface area (Å²) in [5.41, 5.74) is 5.68. The molecule has 6 heteroatoms. The predicted octanol–water partition coefficient (Wildman–Crippen LogP) is 7.91. The third-order valence-electron chi connectivity index (χ3n) is 10.2. The lowest BCUT2D eigenvalue weighted by molar-refractivity contribution is 0.168. The fourth-order valence-electron chi connectivity index (χ4n) is 7.53. The molecule has 2 aromatic heterocycles. The molecule has 0 atom stereocenters. The topological polar surface area (TPSA) is 56.6 Å². The standard InChI is InChI=1S/C39H47N5O/c45-39-37-36(29-44(39)26-20-31-18-24-43(25-19-31)28-33-11-5-2-6-12-33)41-35-14-8-7-13-34(35)38(37)40-21-15-30-16-22-42(23-17-30)27-32-9-3-1-4-10-32/h1-14,29-31,40,45H,15-28H2. The third kappa shape index (κ3) is 7.18. The second-order valence-corrected chi connectivity index (χ2v) is 13.3. The van der Waals surface area contributed by atoms with Gasteiger partial charge in [-0.3, -0.25) is 9.80 Å². The van der Waals surface area contributed by atoms with Gasteiger partial charge in [0.05, 0.1) is 22.1 Å². The van der Waals surface area contributed by atoms with E-state index in [-0.39, 0.29) is 0 Å². The molecule has 2 aliphatic heterocycles. The zero-order valence-corrected chi connectivity index (χ0v) is 26.5. The highest BCUT2D eigenvalue weighted by molar-refractivity contribution is 6.09. The summed E-state index contributed by atoms with van der Waals surface area (Å²) in [5.74, 6) is 1.76. The molecule has 2 saturated heterocycles. The van der Waals surface area contributed by atoms with E-state index in [0.29, 0.717) is 11.8 Å². The summed E-state index contributed by atoms with van der Waals surface area (Å²) in [6, 6.07) is 30.0. The Bertz CT molecular complexity index is 1670. The zero-order chi connectivity index (χ0) is 30.4. The highest BCUT2D eigenvalue weighted by Gasteiger charge is 2.23. The van der Waals surface area contributed by atoms with Gasteiger partial charge in [0.25, 0.3) is 0 Å². The van der Waals surface area contributed by atoms with Crippen LogP contribution in [0.5, 0.6) is 5.88 Å². The van der Waals surface area contributed by atoms with Crippen LogP contribution in [0.25, 0.3) is 21.8 Å². The summed E-state index contributed by atoms with van der Waals surface area (Å²) in [7, 11) is 0. The lowest BCUT2D eigenvalue weighted by Crippen LogP contribution is -2.33. The quantitative estimate of drug-likeness (QED) is 0.161. The average Bonchev–Trinajstić information content (AvgIpc) is 3.40. The molecule has 2 aliphatic rings. The first-order chi connectivity index (χ1) is 22.2. The van der Waals surface area contributed by atoms with E-state index < -0.39 is 0 Å². The van der Waals surface area contributed by atoms with E-state index in [1.807, 2.05) is 4.57 Å². The molecular weight excluding hydrogens is 554 g/mol. The van der Waals surface area contributed by atoms with Crippen molar-refractivity contribution >= 4 is 27.5 Å². The highest BCUT2D eigenvalue weighted by Crippen LogP contribution is 2.38. The lowest BCUT2D eigenvalue weighted by Gasteiger charge is -2.32. The van der Waals surface area contributed by atoms with Crippen LogP contribution in [0.1, 0.15) is 49.7 Å². The van der Waals surface area contributed by atoms with E-state index >= 15 is 0 Å². The molecule has 2 N–H and O–H groups in total. The molecule has 0 unspecified atom stereocenters. The number of pyridine rings is 1. The number of aryl methyl sites for hydroxylation is 1. The number of fused-ring (bicyclic) bond motifs is 2. The maximum atomic E-state index is 11.5. The number of aromatic nitrogens is 2. The first kappa shape index (κ1) is 29.8. The maximum Gasteiger partial charge on any atom is 0.202 e. The molecule has 0 spiro atoms. The molecule has 0 bridgehead atoms. The number of rotatable bonds is 11. The molecule has 6 nitrogen and oxygen atoms in total. The van der Waals surface area contributed by atoms with Gasteiger partial charge in [0.2, 0.25) is 5.88 Å². The van der Waals surface area contributed by atoms with Crippen molar-refractivity contribution in [2.75, 3.05) is 38.0 Å². The lowest BCUT2D eigenvalue weighted by atomic mass is 9.93. The van der Waals surface area contributed by atoms with Crippen molar-refractivity contribution in [3.63, 3.8) is 0 Å². The van der Waals surface area contributed by atoms with Crippen molar-refractivity contribution in [1.82, 2.24) is 19.4 Å². The summed E-state index contributed by atoms with van der Waals surface area (Å²) in [5, 5.41) is 17.3. The van der Waals surface area contributed by atoms with Crippen molar-refractivity contribution in [2.24, 2.45) is 11.8 Å². The molecule has 7 rings (SSSR count). The van der Waals surface area contributed by atoms with E-state index in [4.69, 9.17) is 4.98 Å². The number of para-hydroxylation sites is 1. The number of nitrogens with zero attached hydrogens (tertiary/aromatic N) is 4. The second kappa shape index (κ2) is 14.1. The van der Waals surface area contributed by atoms with Gasteiger partial charge in [0, 0.05) is 37.8 Å². The molecule has 0 aliphatic carbocycles. The number of aromatic hydroxyl groups is 1.